The van der Waals surface area contributed by atoms with E-state index < -0.39 is 0 Å². The van der Waals surface area contributed by atoms with Crippen LogP contribution in [0.25, 0.3) is 0 Å². The Morgan fingerprint density at radius 3 is 2.81 bits per heavy atom. The van der Waals surface area contributed by atoms with E-state index in [-0.39, 0.29) is 12.7 Å². The standard InChI is InChI=1S/C17H24ClNO2/c18-14-6-7-17-13(10-14)11-16(21-17)12-19(8-9-20)15-4-2-1-3-5-15/h6-7,10,15-16,20H,1-5,8-9,11-12H2. The van der Waals surface area contributed by atoms with Gasteiger partial charge in [0.25, 0.3) is 0 Å². The molecule has 0 saturated heterocycles. The first-order chi connectivity index (χ1) is 10.3. The van der Waals surface area contributed by atoms with Crippen molar-refractivity contribution in [1.29, 1.82) is 0 Å². The van der Waals surface area contributed by atoms with Gasteiger partial charge in [-0.3, -0.25) is 4.90 Å². The molecule has 3 rings (SSSR count). The van der Waals surface area contributed by atoms with Crippen molar-refractivity contribution in [3.63, 3.8) is 0 Å². The summed E-state index contributed by atoms with van der Waals surface area (Å²) in [5.74, 6) is 0.969. The third-order valence-corrected chi connectivity index (χ3v) is 4.92. The molecule has 21 heavy (non-hydrogen) atoms. The topological polar surface area (TPSA) is 32.7 Å². The van der Waals surface area contributed by atoms with Gasteiger partial charge in [-0.1, -0.05) is 30.9 Å². The first-order valence-electron chi connectivity index (χ1n) is 8.06. The van der Waals surface area contributed by atoms with E-state index in [1.165, 1.54) is 37.7 Å². The molecule has 0 spiro atoms. The van der Waals surface area contributed by atoms with E-state index in [1.54, 1.807) is 0 Å². The molecule has 1 aliphatic heterocycles. The van der Waals surface area contributed by atoms with Crippen LogP contribution in [0.2, 0.25) is 5.02 Å². The molecule has 2 aliphatic rings. The SMILES string of the molecule is OCCN(CC1Cc2cc(Cl)ccc2O1)C1CCCCC1. The van der Waals surface area contributed by atoms with Gasteiger partial charge < -0.3 is 9.84 Å². The second-order valence-electron chi connectivity index (χ2n) is 6.21. The van der Waals surface area contributed by atoms with Gasteiger partial charge in [-0.2, -0.15) is 0 Å². The summed E-state index contributed by atoms with van der Waals surface area (Å²) in [5, 5.41) is 10.1. The molecule has 0 amide bonds. The number of fused-ring (bicyclic) bond motifs is 1. The molecular formula is C17H24ClNO2. The lowest BCUT2D eigenvalue weighted by Crippen LogP contribution is -2.44. The number of halogens is 1. The molecule has 1 unspecified atom stereocenters. The highest BCUT2D eigenvalue weighted by Gasteiger charge is 2.28. The molecule has 4 heteroatoms. The zero-order valence-electron chi connectivity index (χ0n) is 12.4. The van der Waals surface area contributed by atoms with E-state index in [0.717, 1.165) is 30.3 Å². The van der Waals surface area contributed by atoms with Crippen molar-refractivity contribution in [2.45, 2.75) is 50.7 Å². The quantitative estimate of drug-likeness (QED) is 0.906. The van der Waals surface area contributed by atoms with Crippen LogP contribution in [0.3, 0.4) is 0 Å². The Morgan fingerprint density at radius 1 is 1.24 bits per heavy atom. The summed E-state index contributed by atoms with van der Waals surface area (Å²) in [6, 6.07) is 6.47. The summed E-state index contributed by atoms with van der Waals surface area (Å²) in [5.41, 5.74) is 1.21. The Morgan fingerprint density at radius 2 is 2.05 bits per heavy atom. The molecule has 1 aromatic rings. The van der Waals surface area contributed by atoms with Gasteiger partial charge in [0.15, 0.2) is 0 Å². The van der Waals surface area contributed by atoms with Crippen LogP contribution in [0.4, 0.5) is 0 Å². The zero-order valence-corrected chi connectivity index (χ0v) is 13.2. The van der Waals surface area contributed by atoms with Crippen molar-refractivity contribution in [3.05, 3.63) is 28.8 Å². The van der Waals surface area contributed by atoms with E-state index in [4.69, 9.17) is 16.3 Å². The van der Waals surface area contributed by atoms with Crippen LogP contribution in [-0.2, 0) is 6.42 Å². The summed E-state index contributed by atoms with van der Waals surface area (Å²) >= 11 is 6.05. The lowest BCUT2D eigenvalue weighted by Gasteiger charge is -2.35. The molecule has 1 fully saturated rings. The largest absolute Gasteiger partial charge is 0.488 e. The lowest BCUT2D eigenvalue weighted by atomic mass is 9.94. The zero-order chi connectivity index (χ0) is 14.7. The maximum Gasteiger partial charge on any atom is 0.123 e. The fourth-order valence-corrected chi connectivity index (χ4v) is 3.84. The summed E-state index contributed by atoms with van der Waals surface area (Å²) in [4.78, 5) is 2.43. The fraction of sp³-hybridized carbons (Fsp3) is 0.647. The molecule has 0 aromatic heterocycles. The smallest absolute Gasteiger partial charge is 0.123 e. The van der Waals surface area contributed by atoms with Crippen molar-refractivity contribution in [1.82, 2.24) is 4.90 Å². The Balaban J connectivity index is 1.61. The number of aliphatic hydroxyl groups excluding tert-OH is 1. The van der Waals surface area contributed by atoms with Gasteiger partial charge in [-0.15, -0.1) is 0 Å². The molecule has 1 heterocycles. The predicted molar refractivity (Wildman–Crippen MR) is 85.1 cm³/mol. The monoisotopic (exact) mass is 309 g/mol. The molecule has 116 valence electrons. The maximum atomic E-state index is 9.35. The fourth-order valence-electron chi connectivity index (χ4n) is 3.65. The van der Waals surface area contributed by atoms with E-state index in [9.17, 15) is 5.11 Å². The molecular weight excluding hydrogens is 286 g/mol. The molecule has 1 aromatic carbocycles. The number of benzene rings is 1. The van der Waals surface area contributed by atoms with E-state index in [1.807, 2.05) is 18.2 Å². The third kappa shape index (κ3) is 3.71. The highest BCUT2D eigenvalue weighted by molar-refractivity contribution is 6.30. The Labute approximate surface area is 131 Å². The van der Waals surface area contributed by atoms with Gasteiger partial charge in [0, 0.05) is 30.6 Å². The number of nitrogens with zero attached hydrogens (tertiary/aromatic N) is 1. The normalized spacial score (nSPS) is 22.3. The lowest BCUT2D eigenvalue weighted by molar-refractivity contribution is 0.0796. The van der Waals surface area contributed by atoms with Gasteiger partial charge in [0.2, 0.25) is 0 Å². The van der Waals surface area contributed by atoms with Gasteiger partial charge in [0.1, 0.15) is 11.9 Å². The second-order valence-corrected chi connectivity index (χ2v) is 6.64. The van der Waals surface area contributed by atoms with Crippen LogP contribution in [0.1, 0.15) is 37.7 Å². The predicted octanol–water partition coefficient (Wildman–Crippen LogP) is 3.27. The van der Waals surface area contributed by atoms with Crippen LogP contribution in [0, 0.1) is 0 Å². The average Bonchev–Trinajstić information content (AvgIpc) is 2.89. The first kappa shape index (κ1) is 15.1. The number of hydrogen-bond donors (Lipinski definition) is 1. The van der Waals surface area contributed by atoms with Gasteiger partial charge in [-0.25, -0.2) is 0 Å². The molecule has 1 saturated carbocycles. The number of rotatable bonds is 5. The Bertz CT molecular complexity index is 474. The number of hydrogen-bond acceptors (Lipinski definition) is 3. The first-order valence-corrected chi connectivity index (χ1v) is 8.44. The van der Waals surface area contributed by atoms with Crippen LogP contribution in [0.15, 0.2) is 18.2 Å². The minimum absolute atomic E-state index is 0.187. The van der Waals surface area contributed by atoms with Gasteiger partial charge >= 0.3 is 0 Å². The minimum atomic E-state index is 0.187. The highest BCUT2D eigenvalue weighted by atomic mass is 35.5. The molecule has 0 radical (unpaired) electrons. The Hall–Kier alpha value is -0.770. The van der Waals surface area contributed by atoms with Crippen molar-refractivity contribution in [2.75, 3.05) is 19.7 Å². The number of ether oxygens (including phenoxy) is 1. The Kier molecular flexibility index (Phi) is 5.04. The van der Waals surface area contributed by atoms with Gasteiger partial charge in [0.05, 0.1) is 6.61 Å². The summed E-state index contributed by atoms with van der Waals surface area (Å²) < 4.78 is 6.05. The van der Waals surface area contributed by atoms with Crippen LogP contribution < -0.4 is 4.74 Å². The highest BCUT2D eigenvalue weighted by Crippen LogP contribution is 2.32. The van der Waals surface area contributed by atoms with Crippen molar-refractivity contribution in [2.24, 2.45) is 0 Å². The molecule has 0 bridgehead atoms. The van der Waals surface area contributed by atoms with E-state index in [0.29, 0.717) is 6.04 Å². The van der Waals surface area contributed by atoms with Crippen molar-refractivity contribution >= 4 is 11.6 Å². The minimum Gasteiger partial charge on any atom is -0.488 e. The molecule has 1 aliphatic carbocycles. The second kappa shape index (κ2) is 6.99. The van der Waals surface area contributed by atoms with Crippen LogP contribution in [0.5, 0.6) is 5.75 Å². The summed E-state index contributed by atoms with van der Waals surface area (Å²) in [7, 11) is 0. The van der Waals surface area contributed by atoms with Crippen molar-refractivity contribution in [3.8, 4) is 5.75 Å². The summed E-state index contributed by atoms with van der Waals surface area (Å²) in [6.07, 6.45) is 7.60. The number of aliphatic hydroxyl groups is 1. The van der Waals surface area contributed by atoms with Crippen molar-refractivity contribution < 1.29 is 9.84 Å². The van der Waals surface area contributed by atoms with Crippen LogP contribution in [-0.4, -0.2) is 41.8 Å². The van der Waals surface area contributed by atoms with E-state index >= 15 is 0 Å². The third-order valence-electron chi connectivity index (χ3n) is 4.68. The van der Waals surface area contributed by atoms with Crippen LogP contribution >= 0.6 is 11.6 Å². The molecule has 3 nitrogen and oxygen atoms in total. The summed E-state index contributed by atoms with van der Waals surface area (Å²) in [6.45, 7) is 1.88. The van der Waals surface area contributed by atoms with Gasteiger partial charge in [-0.05, 0) is 36.6 Å². The average molecular weight is 310 g/mol. The molecule has 1 N–H and O–H groups in total. The van der Waals surface area contributed by atoms with E-state index in [2.05, 4.69) is 4.90 Å². The maximum absolute atomic E-state index is 9.35. The molecule has 1 atom stereocenters.